The SMILES string of the molecule is COc1ccc(C(=O)NC(C)(C)C)c([N+](=O)[O-])c1. The number of ether oxygens (including phenoxy) is 1. The Morgan fingerprint density at radius 3 is 2.44 bits per heavy atom. The molecule has 0 heterocycles. The summed E-state index contributed by atoms with van der Waals surface area (Å²) in [7, 11) is 1.41. The highest BCUT2D eigenvalue weighted by Gasteiger charge is 2.24. The zero-order valence-electron chi connectivity index (χ0n) is 10.8. The molecule has 0 fully saturated rings. The first-order chi connectivity index (χ1) is 8.24. The van der Waals surface area contributed by atoms with E-state index in [9.17, 15) is 14.9 Å². The number of amides is 1. The minimum Gasteiger partial charge on any atom is -0.497 e. The minimum atomic E-state index is -0.597. The van der Waals surface area contributed by atoms with Crippen molar-refractivity contribution in [2.24, 2.45) is 0 Å². The summed E-state index contributed by atoms with van der Waals surface area (Å²) in [5.41, 5.74) is -0.697. The fourth-order valence-corrected chi connectivity index (χ4v) is 1.39. The molecular weight excluding hydrogens is 236 g/mol. The van der Waals surface area contributed by atoms with Crippen LogP contribution >= 0.6 is 0 Å². The fourth-order valence-electron chi connectivity index (χ4n) is 1.39. The highest BCUT2D eigenvalue weighted by molar-refractivity contribution is 5.98. The predicted octanol–water partition coefficient (Wildman–Crippen LogP) is 2.13. The van der Waals surface area contributed by atoms with Gasteiger partial charge in [-0.25, -0.2) is 0 Å². The van der Waals surface area contributed by atoms with E-state index in [1.54, 1.807) is 20.8 Å². The summed E-state index contributed by atoms with van der Waals surface area (Å²) in [6.45, 7) is 5.42. The van der Waals surface area contributed by atoms with Crippen LogP contribution in [-0.2, 0) is 0 Å². The summed E-state index contributed by atoms with van der Waals surface area (Å²) in [5, 5.41) is 13.6. The molecule has 1 amide bonds. The first-order valence-electron chi connectivity index (χ1n) is 5.39. The van der Waals surface area contributed by atoms with Crippen LogP contribution < -0.4 is 10.1 Å². The van der Waals surface area contributed by atoms with Crippen LogP contribution in [0.3, 0.4) is 0 Å². The molecule has 0 aliphatic carbocycles. The Balaban J connectivity index is 3.16. The Morgan fingerprint density at radius 1 is 1.39 bits per heavy atom. The zero-order valence-corrected chi connectivity index (χ0v) is 10.8. The van der Waals surface area contributed by atoms with Crippen molar-refractivity contribution in [3.05, 3.63) is 33.9 Å². The molecular formula is C12H16N2O4. The van der Waals surface area contributed by atoms with Gasteiger partial charge in [0.05, 0.1) is 18.1 Å². The number of nitro benzene ring substituents is 1. The molecule has 1 rings (SSSR count). The van der Waals surface area contributed by atoms with Crippen LogP contribution in [0.25, 0.3) is 0 Å². The summed E-state index contributed by atoms with van der Waals surface area (Å²) >= 11 is 0. The number of rotatable bonds is 3. The van der Waals surface area contributed by atoms with Crippen LogP contribution in [0, 0.1) is 10.1 Å². The Hall–Kier alpha value is -2.11. The van der Waals surface area contributed by atoms with E-state index in [1.165, 1.54) is 25.3 Å². The maximum absolute atomic E-state index is 11.9. The number of nitrogens with zero attached hydrogens (tertiary/aromatic N) is 1. The van der Waals surface area contributed by atoms with Crippen molar-refractivity contribution < 1.29 is 14.5 Å². The first-order valence-corrected chi connectivity index (χ1v) is 5.39. The van der Waals surface area contributed by atoms with Gasteiger partial charge < -0.3 is 10.1 Å². The van der Waals surface area contributed by atoms with Crippen LogP contribution in [0.5, 0.6) is 5.75 Å². The van der Waals surface area contributed by atoms with Gasteiger partial charge in [-0.2, -0.15) is 0 Å². The van der Waals surface area contributed by atoms with Crippen molar-refractivity contribution in [2.45, 2.75) is 26.3 Å². The average Bonchev–Trinajstić information content (AvgIpc) is 2.25. The maximum atomic E-state index is 11.9. The van der Waals surface area contributed by atoms with E-state index in [-0.39, 0.29) is 11.3 Å². The smallest absolute Gasteiger partial charge is 0.285 e. The Morgan fingerprint density at radius 2 is 2.00 bits per heavy atom. The lowest BCUT2D eigenvalue weighted by Crippen LogP contribution is -2.40. The molecule has 0 aliphatic heterocycles. The van der Waals surface area contributed by atoms with Gasteiger partial charge in [-0.15, -0.1) is 0 Å². The standard InChI is InChI=1S/C12H16N2O4/c1-12(2,3)13-11(15)9-6-5-8(18-4)7-10(9)14(16)17/h5-7H,1-4H3,(H,13,15). The molecule has 1 N–H and O–H groups in total. The fraction of sp³-hybridized carbons (Fsp3) is 0.417. The van der Waals surface area contributed by atoms with Crippen molar-refractivity contribution in [3.63, 3.8) is 0 Å². The summed E-state index contributed by atoms with van der Waals surface area (Å²) < 4.78 is 4.90. The molecule has 0 radical (unpaired) electrons. The first kappa shape index (κ1) is 14.0. The molecule has 0 spiro atoms. The van der Waals surface area contributed by atoms with Crippen LogP contribution in [-0.4, -0.2) is 23.5 Å². The van der Waals surface area contributed by atoms with Crippen molar-refractivity contribution in [1.29, 1.82) is 0 Å². The van der Waals surface area contributed by atoms with Gasteiger partial charge in [-0.05, 0) is 32.9 Å². The number of carbonyl (C=O) groups excluding carboxylic acids is 1. The second-order valence-electron chi connectivity index (χ2n) is 4.84. The van der Waals surface area contributed by atoms with Gasteiger partial charge in [-0.3, -0.25) is 14.9 Å². The van der Waals surface area contributed by atoms with E-state index in [0.29, 0.717) is 5.75 Å². The lowest BCUT2D eigenvalue weighted by atomic mass is 10.1. The van der Waals surface area contributed by atoms with Gasteiger partial charge in [0, 0.05) is 5.54 Å². The number of benzene rings is 1. The second kappa shape index (κ2) is 5.03. The molecule has 0 bridgehead atoms. The van der Waals surface area contributed by atoms with Gasteiger partial charge in [0.15, 0.2) is 0 Å². The second-order valence-corrected chi connectivity index (χ2v) is 4.84. The minimum absolute atomic E-state index is 0.0238. The lowest BCUT2D eigenvalue weighted by molar-refractivity contribution is -0.385. The summed E-state index contributed by atoms with van der Waals surface area (Å²) in [5.74, 6) is -0.133. The van der Waals surface area contributed by atoms with E-state index in [4.69, 9.17) is 4.74 Å². The molecule has 98 valence electrons. The third-order valence-electron chi connectivity index (χ3n) is 2.13. The van der Waals surface area contributed by atoms with Crippen LogP contribution in [0.15, 0.2) is 18.2 Å². The zero-order chi connectivity index (χ0) is 13.9. The average molecular weight is 252 g/mol. The Bertz CT molecular complexity index is 477. The monoisotopic (exact) mass is 252 g/mol. The third-order valence-corrected chi connectivity index (χ3v) is 2.13. The van der Waals surface area contributed by atoms with Crippen molar-refractivity contribution >= 4 is 11.6 Å². The van der Waals surface area contributed by atoms with Gasteiger partial charge in [0.2, 0.25) is 0 Å². The summed E-state index contributed by atoms with van der Waals surface area (Å²) in [6, 6.07) is 4.14. The van der Waals surface area contributed by atoms with Crippen molar-refractivity contribution in [3.8, 4) is 5.75 Å². The third kappa shape index (κ3) is 3.44. The lowest BCUT2D eigenvalue weighted by Gasteiger charge is -2.20. The molecule has 6 heteroatoms. The van der Waals surface area contributed by atoms with Crippen molar-refractivity contribution in [2.75, 3.05) is 7.11 Å². The molecule has 1 aromatic rings. The molecule has 0 aromatic heterocycles. The quantitative estimate of drug-likeness (QED) is 0.660. The van der Waals surface area contributed by atoms with Gasteiger partial charge in [-0.1, -0.05) is 0 Å². The molecule has 0 saturated heterocycles. The highest BCUT2D eigenvalue weighted by atomic mass is 16.6. The Labute approximate surface area is 105 Å². The van der Waals surface area contributed by atoms with Crippen molar-refractivity contribution in [1.82, 2.24) is 5.32 Å². The van der Waals surface area contributed by atoms with Gasteiger partial charge >= 0.3 is 0 Å². The largest absolute Gasteiger partial charge is 0.497 e. The molecule has 0 atom stereocenters. The highest BCUT2D eigenvalue weighted by Crippen LogP contribution is 2.24. The van der Waals surface area contributed by atoms with E-state index < -0.39 is 16.4 Å². The number of carbonyl (C=O) groups is 1. The molecule has 18 heavy (non-hydrogen) atoms. The topological polar surface area (TPSA) is 81.5 Å². The van der Waals surface area contributed by atoms with E-state index >= 15 is 0 Å². The molecule has 6 nitrogen and oxygen atoms in total. The number of hydrogen-bond donors (Lipinski definition) is 1. The Kier molecular flexibility index (Phi) is 3.90. The van der Waals surface area contributed by atoms with Gasteiger partial charge in [0.25, 0.3) is 11.6 Å². The maximum Gasteiger partial charge on any atom is 0.285 e. The molecule has 1 aromatic carbocycles. The van der Waals surface area contributed by atoms with Crippen LogP contribution in [0.1, 0.15) is 31.1 Å². The molecule has 0 aliphatic rings. The van der Waals surface area contributed by atoms with E-state index in [0.717, 1.165) is 0 Å². The number of nitrogens with one attached hydrogen (secondary N) is 1. The summed E-state index contributed by atoms with van der Waals surface area (Å²) in [4.78, 5) is 22.3. The predicted molar refractivity (Wildman–Crippen MR) is 66.9 cm³/mol. The summed E-state index contributed by atoms with van der Waals surface area (Å²) in [6.07, 6.45) is 0. The van der Waals surface area contributed by atoms with Crippen LogP contribution in [0.4, 0.5) is 5.69 Å². The number of hydrogen-bond acceptors (Lipinski definition) is 4. The van der Waals surface area contributed by atoms with Crippen LogP contribution in [0.2, 0.25) is 0 Å². The molecule has 0 unspecified atom stereocenters. The number of nitro groups is 1. The van der Waals surface area contributed by atoms with E-state index in [1.807, 2.05) is 0 Å². The van der Waals surface area contributed by atoms with E-state index in [2.05, 4.69) is 5.32 Å². The van der Waals surface area contributed by atoms with Gasteiger partial charge in [0.1, 0.15) is 11.3 Å². The number of methoxy groups -OCH3 is 1. The molecule has 0 saturated carbocycles. The normalized spacial score (nSPS) is 10.9.